The van der Waals surface area contributed by atoms with Crippen LogP contribution in [-0.4, -0.2) is 23.1 Å². The molecule has 22 heavy (non-hydrogen) atoms. The molecule has 1 aromatic carbocycles. The van der Waals surface area contributed by atoms with E-state index in [2.05, 4.69) is 33.5 Å². The van der Waals surface area contributed by atoms with E-state index < -0.39 is 0 Å². The number of piperidine rings is 1. The van der Waals surface area contributed by atoms with Crippen LogP contribution in [0.4, 0.5) is 0 Å². The SMILES string of the molecule is Clc1c(-c2ccncc2)[nH]c2ccc(C3CCNCC3)cc12. The van der Waals surface area contributed by atoms with Crippen LogP contribution in [0.1, 0.15) is 24.3 Å². The third-order valence-corrected chi connectivity index (χ3v) is 4.93. The van der Waals surface area contributed by atoms with Gasteiger partial charge in [0, 0.05) is 28.9 Å². The number of fused-ring (bicyclic) bond motifs is 1. The van der Waals surface area contributed by atoms with E-state index in [0.29, 0.717) is 5.92 Å². The number of benzene rings is 1. The normalized spacial score (nSPS) is 16.2. The number of nitrogens with zero attached hydrogens (tertiary/aromatic N) is 1. The lowest BCUT2D eigenvalue weighted by Crippen LogP contribution is -2.26. The molecule has 0 spiro atoms. The summed E-state index contributed by atoms with van der Waals surface area (Å²) in [6, 6.07) is 10.6. The van der Waals surface area contributed by atoms with Gasteiger partial charge in [-0.3, -0.25) is 4.98 Å². The summed E-state index contributed by atoms with van der Waals surface area (Å²) in [7, 11) is 0. The van der Waals surface area contributed by atoms with Gasteiger partial charge in [0.05, 0.1) is 10.7 Å². The lowest BCUT2D eigenvalue weighted by Gasteiger charge is -2.23. The molecule has 0 unspecified atom stereocenters. The fourth-order valence-corrected chi connectivity index (χ4v) is 3.62. The molecular weight excluding hydrogens is 294 g/mol. The first-order valence-corrected chi connectivity index (χ1v) is 8.13. The van der Waals surface area contributed by atoms with E-state index >= 15 is 0 Å². The van der Waals surface area contributed by atoms with Crippen LogP contribution in [0.15, 0.2) is 42.7 Å². The van der Waals surface area contributed by atoms with Crippen LogP contribution in [0.3, 0.4) is 0 Å². The van der Waals surface area contributed by atoms with Gasteiger partial charge in [0.25, 0.3) is 0 Å². The fraction of sp³-hybridized carbons (Fsp3) is 0.278. The zero-order valence-electron chi connectivity index (χ0n) is 12.3. The second-order valence-corrected chi connectivity index (χ2v) is 6.26. The average molecular weight is 312 g/mol. The lowest BCUT2D eigenvalue weighted by molar-refractivity contribution is 0.460. The summed E-state index contributed by atoms with van der Waals surface area (Å²) < 4.78 is 0. The first kappa shape index (κ1) is 13.8. The van der Waals surface area contributed by atoms with Crippen molar-refractivity contribution in [1.82, 2.24) is 15.3 Å². The van der Waals surface area contributed by atoms with E-state index in [4.69, 9.17) is 11.6 Å². The molecule has 0 atom stereocenters. The topological polar surface area (TPSA) is 40.7 Å². The summed E-state index contributed by atoms with van der Waals surface area (Å²) in [6.45, 7) is 2.21. The maximum Gasteiger partial charge on any atom is 0.0740 e. The van der Waals surface area contributed by atoms with Crippen LogP contribution in [0, 0.1) is 0 Å². The molecule has 1 saturated heterocycles. The highest BCUT2D eigenvalue weighted by molar-refractivity contribution is 6.38. The molecule has 0 amide bonds. The molecule has 1 aliphatic heterocycles. The van der Waals surface area contributed by atoms with Gasteiger partial charge in [0.15, 0.2) is 0 Å². The number of nitrogens with one attached hydrogen (secondary N) is 2. The molecular formula is C18H18ClN3. The molecule has 0 saturated carbocycles. The summed E-state index contributed by atoms with van der Waals surface area (Å²) >= 11 is 6.64. The Hall–Kier alpha value is -1.84. The highest BCUT2D eigenvalue weighted by atomic mass is 35.5. The Kier molecular flexibility index (Phi) is 3.60. The molecule has 3 nitrogen and oxygen atoms in total. The number of halogens is 1. The van der Waals surface area contributed by atoms with Gasteiger partial charge in [0.1, 0.15) is 0 Å². The van der Waals surface area contributed by atoms with Crippen LogP contribution in [0.25, 0.3) is 22.2 Å². The summed E-state index contributed by atoms with van der Waals surface area (Å²) in [5.74, 6) is 0.640. The largest absolute Gasteiger partial charge is 0.353 e. The van der Waals surface area contributed by atoms with Crippen molar-refractivity contribution in [3.8, 4) is 11.3 Å². The second-order valence-electron chi connectivity index (χ2n) is 5.88. The van der Waals surface area contributed by atoms with Crippen molar-refractivity contribution in [2.75, 3.05) is 13.1 Å². The van der Waals surface area contributed by atoms with Gasteiger partial charge in [-0.25, -0.2) is 0 Å². The van der Waals surface area contributed by atoms with Gasteiger partial charge in [-0.05, 0) is 61.7 Å². The quantitative estimate of drug-likeness (QED) is 0.738. The van der Waals surface area contributed by atoms with E-state index in [1.54, 1.807) is 12.4 Å². The second kappa shape index (κ2) is 5.75. The van der Waals surface area contributed by atoms with Crippen molar-refractivity contribution in [3.05, 3.63) is 53.3 Å². The Morgan fingerprint density at radius 2 is 1.82 bits per heavy atom. The molecule has 0 aliphatic carbocycles. The third kappa shape index (κ3) is 2.40. The minimum atomic E-state index is 0.640. The van der Waals surface area contributed by atoms with Crippen molar-refractivity contribution in [2.45, 2.75) is 18.8 Å². The molecule has 2 aromatic heterocycles. The number of pyridine rings is 1. The maximum absolute atomic E-state index is 6.64. The van der Waals surface area contributed by atoms with Crippen LogP contribution < -0.4 is 5.32 Å². The van der Waals surface area contributed by atoms with Crippen molar-refractivity contribution in [1.29, 1.82) is 0 Å². The highest BCUT2D eigenvalue weighted by Gasteiger charge is 2.17. The predicted octanol–water partition coefficient (Wildman–Crippen LogP) is 4.35. The number of hydrogen-bond acceptors (Lipinski definition) is 2. The predicted molar refractivity (Wildman–Crippen MR) is 91.4 cm³/mol. The molecule has 112 valence electrons. The Morgan fingerprint density at radius 1 is 1.05 bits per heavy atom. The number of aromatic amines is 1. The van der Waals surface area contributed by atoms with Crippen LogP contribution in [-0.2, 0) is 0 Å². The van der Waals surface area contributed by atoms with Gasteiger partial charge in [0.2, 0.25) is 0 Å². The van der Waals surface area contributed by atoms with Crippen molar-refractivity contribution < 1.29 is 0 Å². The lowest BCUT2D eigenvalue weighted by atomic mass is 9.90. The number of hydrogen-bond donors (Lipinski definition) is 2. The smallest absolute Gasteiger partial charge is 0.0740 e. The Balaban J connectivity index is 1.78. The molecule has 1 aliphatic rings. The van der Waals surface area contributed by atoms with Gasteiger partial charge >= 0.3 is 0 Å². The van der Waals surface area contributed by atoms with Gasteiger partial charge < -0.3 is 10.3 Å². The van der Waals surface area contributed by atoms with Crippen molar-refractivity contribution >= 4 is 22.5 Å². The molecule has 2 N–H and O–H groups in total. The Bertz CT molecular complexity index is 789. The number of aromatic nitrogens is 2. The first-order valence-electron chi connectivity index (χ1n) is 7.75. The maximum atomic E-state index is 6.64. The molecule has 3 heterocycles. The van der Waals surface area contributed by atoms with E-state index in [-0.39, 0.29) is 0 Å². The minimum Gasteiger partial charge on any atom is -0.353 e. The molecule has 4 heteroatoms. The minimum absolute atomic E-state index is 0.640. The van der Waals surface area contributed by atoms with Crippen LogP contribution >= 0.6 is 11.6 Å². The van der Waals surface area contributed by atoms with Crippen LogP contribution in [0.2, 0.25) is 5.02 Å². The van der Waals surface area contributed by atoms with Crippen molar-refractivity contribution in [3.63, 3.8) is 0 Å². The standard InChI is InChI=1S/C18H18ClN3/c19-17-15-11-14(12-3-7-20-8-4-12)1-2-16(15)22-18(17)13-5-9-21-10-6-13/h1-2,5-6,9-12,20,22H,3-4,7-8H2. The Morgan fingerprint density at radius 3 is 2.59 bits per heavy atom. The highest BCUT2D eigenvalue weighted by Crippen LogP contribution is 2.36. The average Bonchev–Trinajstić information content (AvgIpc) is 2.93. The van der Waals surface area contributed by atoms with Gasteiger partial charge in [-0.1, -0.05) is 17.7 Å². The van der Waals surface area contributed by atoms with Crippen molar-refractivity contribution in [2.24, 2.45) is 0 Å². The zero-order chi connectivity index (χ0) is 14.9. The van der Waals surface area contributed by atoms with Gasteiger partial charge in [-0.2, -0.15) is 0 Å². The zero-order valence-corrected chi connectivity index (χ0v) is 13.0. The van der Waals surface area contributed by atoms with E-state index in [1.807, 2.05) is 12.1 Å². The summed E-state index contributed by atoms with van der Waals surface area (Å²) in [5.41, 5.74) is 4.53. The van der Waals surface area contributed by atoms with Gasteiger partial charge in [-0.15, -0.1) is 0 Å². The van der Waals surface area contributed by atoms with E-state index in [0.717, 1.165) is 40.3 Å². The Labute approximate surface area is 134 Å². The molecule has 0 bridgehead atoms. The third-order valence-electron chi connectivity index (χ3n) is 4.54. The molecule has 1 fully saturated rings. The summed E-state index contributed by atoms with van der Waals surface area (Å²) in [4.78, 5) is 7.51. The number of rotatable bonds is 2. The monoisotopic (exact) mass is 311 g/mol. The summed E-state index contributed by atoms with van der Waals surface area (Å²) in [5, 5.41) is 5.34. The molecule has 4 rings (SSSR count). The molecule has 3 aromatic rings. The fourth-order valence-electron chi connectivity index (χ4n) is 3.30. The number of H-pyrrole nitrogens is 1. The molecule has 0 radical (unpaired) electrons. The van der Waals surface area contributed by atoms with Crippen LogP contribution in [0.5, 0.6) is 0 Å². The van der Waals surface area contributed by atoms with E-state index in [1.165, 1.54) is 18.4 Å². The van der Waals surface area contributed by atoms with E-state index in [9.17, 15) is 0 Å². The summed E-state index contributed by atoms with van der Waals surface area (Å²) in [6.07, 6.45) is 5.98. The first-order chi connectivity index (χ1) is 10.8.